The fourth-order valence-corrected chi connectivity index (χ4v) is 3.89. The van der Waals surface area contributed by atoms with Gasteiger partial charge in [0.2, 0.25) is 5.88 Å². The molecule has 0 atom stereocenters. The van der Waals surface area contributed by atoms with Crippen molar-refractivity contribution in [2.45, 2.75) is 13.8 Å². The van der Waals surface area contributed by atoms with E-state index >= 15 is 0 Å². The van der Waals surface area contributed by atoms with E-state index in [9.17, 15) is 4.79 Å². The van der Waals surface area contributed by atoms with E-state index in [2.05, 4.69) is 15.5 Å². The van der Waals surface area contributed by atoms with Crippen molar-refractivity contribution >= 4 is 33.5 Å². The lowest BCUT2D eigenvalue weighted by atomic mass is 10.0. The molecule has 5 rings (SSSR count). The van der Waals surface area contributed by atoms with E-state index < -0.39 is 0 Å². The number of aryl methyl sites for hydroxylation is 1. The van der Waals surface area contributed by atoms with Crippen LogP contribution < -0.4 is 19.5 Å². The highest BCUT2D eigenvalue weighted by atomic mass is 16.5. The maximum atomic E-state index is 13.0. The van der Waals surface area contributed by atoms with Crippen LogP contribution in [-0.2, 0) is 0 Å². The molecule has 0 spiro atoms. The molecule has 8 heteroatoms. The number of methoxy groups -OCH3 is 2. The van der Waals surface area contributed by atoms with Gasteiger partial charge in [-0.2, -0.15) is 0 Å². The molecule has 0 saturated heterocycles. The zero-order chi connectivity index (χ0) is 24.5. The summed E-state index contributed by atoms with van der Waals surface area (Å²) in [6.45, 7) is 3.68. The Morgan fingerprint density at radius 2 is 1.71 bits per heavy atom. The van der Waals surface area contributed by atoms with Crippen molar-refractivity contribution in [3.8, 4) is 23.0 Å². The number of anilines is 1. The number of rotatable bonds is 6. The van der Waals surface area contributed by atoms with Crippen LogP contribution in [0.25, 0.3) is 21.7 Å². The number of hydrogen-bond acceptors (Lipinski definition) is 7. The van der Waals surface area contributed by atoms with Gasteiger partial charge in [-0.15, -0.1) is 0 Å². The number of benzene rings is 3. The smallest absolute Gasteiger partial charge is 0.258 e. The average Bonchev–Trinajstić information content (AvgIpc) is 3.19. The third kappa shape index (κ3) is 4.10. The molecule has 0 unspecified atom stereocenters. The topological polar surface area (TPSA) is 95.7 Å². The Morgan fingerprint density at radius 3 is 2.46 bits per heavy atom. The van der Waals surface area contributed by atoms with E-state index in [1.807, 2.05) is 56.3 Å². The summed E-state index contributed by atoms with van der Waals surface area (Å²) in [5.41, 5.74) is 2.78. The average molecular weight is 469 g/mol. The highest BCUT2D eigenvalue weighted by molar-refractivity contribution is 6.12. The van der Waals surface area contributed by atoms with Crippen LogP contribution in [-0.4, -0.2) is 30.3 Å². The summed E-state index contributed by atoms with van der Waals surface area (Å²) >= 11 is 0. The number of fused-ring (bicyclic) bond motifs is 2. The summed E-state index contributed by atoms with van der Waals surface area (Å²) in [6, 6.07) is 16.6. The van der Waals surface area contributed by atoms with E-state index in [4.69, 9.17) is 18.7 Å². The molecule has 1 N–H and O–H groups in total. The van der Waals surface area contributed by atoms with Gasteiger partial charge in [0.05, 0.1) is 25.4 Å². The van der Waals surface area contributed by atoms with Crippen molar-refractivity contribution in [1.82, 2.24) is 10.1 Å². The van der Waals surface area contributed by atoms with Crippen LogP contribution in [0.4, 0.5) is 5.88 Å². The van der Waals surface area contributed by atoms with Crippen LogP contribution in [0.3, 0.4) is 0 Å². The fraction of sp³-hybridized carbons (Fsp3) is 0.148. The van der Waals surface area contributed by atoms with Gasteiger partial charge in [0.1, 0.15) is 11.5 Å². The highest BCUT2D eigenvalue weighted by Gasteiger charge is 2.16. The number of nitrogens with one attached hydrogen (secondary N) is 1. The minimum absolute atomic E-state index is 0.273. The molecule has 0 fully saturated rings. The summed E-state index contributed by atoms with van der Waals surface area (Å²) in [4.78, 5) is 17.4. The molecule has 3 aromatic carbocycles. The summed E-state index contributed by atoms with van der Waals surface area (Å²) in [7, 11) is 3.17. The van der Waals surface area contributed by atoms with Crippen molar-refractivity contribution < 1.29 is 23.5 Å². The van der Waals surface area contributed by atoms with Gasteiger partial charge >= 0.3 is 0 Å². The summed E-state index contributed by atoms with van der Waals surface area (Å²) in [5, 5.41) is 9.14. The summed E-state index contributed by atoms with van der Waals surface area (Å²) in [6.07, 6.45) is 1.68. The number of pyridine rings is 1. The molecule has 0 bridgehead atoms. The van der Waals surface area contributed by atoms with Gasteiger partial charge in [0, 0.05) is 28.8 Å². The van der Waals surface area contributed by atoms with Gasteiger partial charge in [-0.1, -0.05) is 17.3 Å². The standard InChI is InChI=1S/C27H23N3O5/c1-15-16(2)30-35-27(15)29-26(31)20-7-5-6-17-12-18(8-9-19(17)20)34-23-10-11-28-22-14-25(33-4)24(32-3)13-21(22)23/h5-14H,1-4H3,(H,29,31). The lowest BCUT2D eigenvalue weighted by Gasteiger charge is -2.13. The zero-order valence-corrected chi connectivity index (χ0v) is 19.7. The van der Waals surface area contributed by atoms with E-state index in [1.165, 1.54) is 0 Å². The van der Waals surface area contributed by atoms with Gasteiger partial charge in [-0.3, -0.25) is 15.1 Å². The molecule has 0 radical (unpaired) electrons. The SMILES string of the molecule is COc1cc2nccc(Oc3ccc4c(C(=O)Nc5onc(C)c5C)cccc4c3)c2cc1OC. The van der Waals surface area contributed by atoms with E-state index in [1.54, 1.807) is 32.5 Å². The first-order chi connectivity index (χ1) is 17.0. The Labute approximate surface area is 201 Å². The molecule has 0 aliphatic rings. The third-order valence-corrected chi connectivity index (χ3v) is 5.92. The number of nitrogens with zero attached hydrogens (tertiary/aromatic N) is 2. The maximum Gasteiger partial charge on any atom is 0.258 e. The largest absolute Gasteiger partial charge is 0.493 e. The number of carbonyl (C=O) groups excluding carboxylic acids is 1. The van der Waals surface area contributed by atoms with E-state index in [-0.39, 0.29) is 5.91 Å². The molecule has 2 heterocycles. The Morgan fingerprint density at radius 1 is 0.914 bits per heavy atom. The second-order valence-electron chi connectivity index (χ2n) is 8.00. The molecule has 176 valence electrons. The zero-order valence-electron chi connectivity index (χ0n) is 19.7. The maximum absolute atomic E-state index is 13.0. The van der Waals surface area contributed by atoms with Gasteiger partial charge in [0.15, 0.2) is 11.5 Å². The second kappa shape index (κ2) is 8.98. The van der Waals surface area contributed by atoms with Crippen molar-refractivity contribution in [1.29, 1.82) is 0 Å². The molecule has 0 aliphatic carbocycles. The molecular formula is C27H23N3O5. The summed E-state index contributed by atoms with van der Waals surface area (Å²) in [5.74, 6) is 2.51. The Balaban J connectivity index is 1.47. The first-order valence-corrected chi connectivity index (χ1v) is 10.9. The van der Waals surface area contributed by atoms with Crippen LogP contribution in [0, 0.1) is 13.8 Å². The normalized spacial score (nSPS) is 11.0. The molecular weight excluding hydrogens is 446 g/mol. The lowest BCUT2D eigenvalue weighted by Crippen LogP contribution is -2.12. The predicted molar refractivity (Wildman–Crippen MR) is 133 cm³/mol. The fourth-order valence-electron chi connectivity index (χ4n) is 3.89. The minimum atomic E-state index is -0.273. The van der Waals surface area contributed by atoms with Crippen molar-refractivity contribution in [3.05, 3.63) is 77.6 Å². The van der Waals surface area contributed by atoms with Gasteiger partial charge < -0.3 is 18.7 Å². The minimum Gasteiger partial charge on any atom is -0.493 e. The van der Waals surface area contributed by atoms with Crippen LogP contribution in [0.2, 0.25) is 0 Å². The number of hydrogen-bond donors (Lipinski definition) is 1. The Kier molecular flexibility index (Phi) is 5.70. The monoisotopic (exact) mass is 469 g/mol. The molecule has 2 aromatic heterocycles. The Bertz CT molecular complexity index is 1570. The van der Waals surface area contributed by atoms with Crippen molar-refractivity contribution in [2.75, 3.05) is 19.5 Å². The molecule has 0 saturated carbocycles. The molecule has 0 aliphatic heterocycles. The predicted octanol–water partition coefficient (Wildman–Crippen LogP) is 6.05. The number of amides is 1. The molecule has 1 amide bonds. The number of aromatic nitrogens is 2. The summed E-state index contributed by atoms with van der Waals surface area (Å²) < 4.78 is 22.3. The van der Waals surface area contributed by atoms with Gasteiger partial charge in [0.25, 0.3) is 5.91 Å². The molecule has 35 heavy (non-hydrogen) atoms. The van der Waals surface area contributed by atoms with Crippen LogP contribution in [0.5, 0.6) is 23.0 Å². The van der Waals surface area contributed by atoms with E-state index in [0.717, 1.165) is 32.9 Å². The number of carbonyl (C=O) groups is 1. The lowest BCUT2D eigenvalue weighted by molar-refractivity contribution is 0.102. The van der Waals surface area contributed by atoms with Gasteiger partial charge in [-0.25, -0.2) is 0 Å². The van der Waals surface area contributed by atoms with Crippen molar-refractivity contribution in [2.24, 2.45) is 0 Å². The first kappa shape index (κ1) is 22.2. The highest BCUT2D eigenvalue weighted by Crippen LogP contribution is 2.37. The van der Waals surface area contributed by atoms with Crippen LogP contribution >= 0.6 is 0 Å². The van der Waals surface area contributed by atoms with Crippen molar-refractivity contribution in [3.63, 3.8) is 0 Å². The molecule has 8 nitrogen and oxygen atoms in total. The first-order valence-electron chi connectivity index (χ1n) is 10.9. The quantitative estimate of drug-likeness (QED) is 0.323. The Hall–Kier alpha value is -4.59. The van der Waals surface area contributed by atoms with Crippen LogP contribution in [0.1, 0.15) is 21.6 Å². The third-order valence-electron chi connectivity index (χ3n) is 5.92. The number of ether oxygens (including phenoxy) is 3. The van der Waals surface area contributed by atoms with Gasteiger partial charge in [-0.05, 0) is 61.0 Å². The second-order valence-corrected chi connectivity index (χ2v) is 8.00. The van der Waals surface area contributed by atoms with Crippen LogP contribution in [0.15, 0.2) is 65.3 Å². The molecule has 5 aromatic rings. The van der Waals surface area contributed by atoms with E-state index in [0.29, 0.717) is 34.4 Å².